The Labute approximate surface area is 101 Å². The van der Waals surface area contributed by atoms with Crippen molar-refractivity contribution in [2.45, 2.75) is 58.5 Å². The van der Waals surface area contributed by atoms with Gasteiger partial charge in [0.05, 0.1) is 0 Å². The Kier molecular flexibility index (Phi) is 4.26. The quantitative estimate of drug-likeness (QED) is 0.772. The summed E-state index contributed by atoms with van der Waals surface area (Å²) in [5, 5.41) is 3.84. The highest BCUT2D eigenvalue weighted by molar-refractivity contribution is 4.95. The maximum atomic E-state index is 3.84. The third-order valence-electron chi connectivity index (χ3n) is 4.11. The van der Waals surface area contributed by atoms with Gasteiger partial charge >= 0.3 is 0 Å². The van der Waals surface area contributed by atoms with Crippen LogP contribution in [0.4, 0.5) is 0 Å². The molecule has 0 amide bonds. The monoisotopic (exact) mass is 224 g/mol. The van der Waals surface area contributed by atoms with Crippen LogP contribution in [0.5, 0.6) is 0 Å². The molecule has 2 heteroatoms. The summed E-state index contributed by atoms with van der Waals surface area (Å²) >= 11 is 0. The van der Waals surface area contributed by atoms with Crippen LogP contribution in [-0.4, -0.2) is 36.6 Å². The van der Waals surface area contributed by atoms with Gasteiger partial charge in [-0.1, -0.05) is 27.2 Å². The minimum Gasteiger partial charge on any atom is -0.311 e. The Balaban J connectivity index is 1.62. The molecular formula is C14H28N2. The molecule has 2 nitrogen and oxygen atoms in total. The Bertz CT molecular complexity index is 207. The second-order valence-corrected chi connectivity index (χ2v) is 6.15. The van der Waals surface area contributed by atoms with E-state index in [1.54, 1.807) is 0 Å². The molecule has 1 heterocycles. The zero-order chi connectivity index (χ0) is 11.5. The molecule has 1 aliphatic heterocycles. The van der Waals surface area contributed by atoms with E-state index in [1.165, 1.54) is 45.3 Å². The van der Waals surface area contributed by atoms with Gasteiger partial charge in [-0.2, -0.15) is 0 Å². The smallest absolute Gasteiger partial charge is 0.0102 e. The molecule has 0 aromatic heterocycles. The molecule has 1 saturated carbocycles. The van der Waals surface area contributed by atoms with Gasteiger partial charge in [0, 0.05) is 18.6 Å². The lowest BCUT2D eigenvalue weighted by Gasteiger charge is -2.33. The first-order valence-corrected chi connectivity index (χ1v) is 7.17. The molecule has 2 rings (SSSR count). The molecule has 0 aromatic rings. The molecule has 1 aliphatic carbocycles. The van der Waals surface area contributed by atoms with Crippen molar-refractivity contribution in [1.82, 2.24) is 10.2 Å². The highest BCUT2D eigenvalue weighted by atomic mass is 15.1. The number of hydrogen-bond donors (Lipinski definition) is 1. The number of nitrogens with one attached hydrogen (secondary N) is 1. The van der Waals surface area contributed by atoms with E-state index >= 15 is 0 Å². The van der Waals surface area contributed by atoms with Gasteiger partial charge in [0.15, 0.2) is 0 Å². The van der Waals surface area contributed by atoms with Gasteiger partial charge in [0.2, 0.25) is 0 Å². The predicted molar refractivity (Wildman–Crippen MR) is 69.6 cm³/mol. The summed E-state index contributed by atoms with van der Waals surface area (Å²) in [6.45, 7) is 10.9. The van der Waals surface area contributed by atoms with Crippen molar-refractivity contribution in [3.8, 4) is 0 Å². The highest BCUT2D eigenvalue weighted by Gasteiger charge is 2.36. The van der Waals surface area contributed by atoms with Gasteiger partial charge in [-0.05, 0) is 44.2 Å². The lowest BCUT2D eigenvalue weighted by atomic mass is 10.0. The average Bonchev–Trinajstić information content (AvgIpc) is 2.99. The van der Waals surface area contributed by atoms with Gasteiger partial charge in [0.25, 0.3) is 0 Å². The predicted octanol–water partition coefficient (Wildman–Crippen LogP) is 2.49. The number of nitrogens with zero attached hydrogens (tertiary/aromatic N) is 1. The minimum atomic E-state index is 0.810. The zero-order valence-electron chi connectivity index (χ0n) is 11.2. The summed E-state index contributed by atoms with van der Waals surface area (Å²) in [5.74, 6) is 1.81. The Morgan fingerprint density at radius 1 is 1.25 bits per heavy atom. The van der Waals surface area contributed by atoms with Gasteiger partial charge in [-0.25, -0.2) is 0 Å². The fourth-order valence-electron chi connectivity index (χ4n) is 3.00. The topological polar surface area (TPSA) is 15.3 Å². The molecule has 2 unspecified atom stereocenters. The van der Waals surface area contributed by atoms with Crippen molar-refractivity contribution in [2.75, 3.05) is 19.6 Å². The molecule has 16 heavy (non-hydrogen) atoms. The number of likely N-dealkylation sites (tertiary alicyclic amines) is 1. The lowest BCUT2D eigenvalue weighted by Crippen LogP contribution is -2.44. The molecule has 0 bridgehead atoms. The van der Waals surface area contributed by atoms with E-state index in [4.69, 9.17) is 0 Å². The van der Waals surface area contributed by atoms with Crippen LogP contribution in [0.25, 0.3) is 0 Å². The van der Waals surface area contributed by atoms with Gasteiger partial charge in [-0.15, -0.1) is 0 Å². The summed E-state index contributed by atoms with van der Waals surface area (Å²) in [5.41, 5.74) is 0. The molecular weight excluding hydrogens is 196 g/mol. The van der Waals surface area contributed by atoms with Crippen LogP contribution in [0.1, 0.15) is 46.5 Å². The summed E-state index contributed by atoms with van der Waals surface area (Å²) < 4.78 is 0. The summed E-state index contributed by atoms with van der Waals surface area (Å²) in [7, 11) is 0. The Morgan fingerprint density at radius 3 is 2.44 bits per heavy atom. The van der Waals surface area contributed by atoms with E-state index in [0.717, 1.165) is 23.9 Å². The summed E-state index contributed by atoms with van der Waals surface area (Å²) in [4.78, 5) is 2.63. The highest BCUT2D eigenvalue weighted by Crippen LogP contribution is 2.34. The first-order valence-electron chi connectivity index (χ1n) is 7.17. The van der Waals surface area contributed by atoms with Crippen LogP contribution >= 0.6 is 0 Å². The molecule has 2 fully saturated rings. The number of hydrogen-bond acceptors (Lipinski definition) is 2. The van der Waals surface area contributed by atoms with Crippen LogP contribution in [0.3, 0.4) is 0 Å². The summed E-state index contributed by atoms with van der Waals surface area (Å²) in [6, 6.07) is 1.68. The van der Waals surface area contributed by atoms with Crippen molar-refractivity contribution in [1.29, 1.82) is 0 Å². The van der Waals surface area contributed by atoms with Crippen molar-refractivity contribution in [2.24, 2.45) is 11.8 Å². The van der Waals surface area contributed by atoms with Crippen LogP contribution in [0.2, 0.25) is 0 Å². The maximum absolute atomic E-state index is 3.84. The maximum Gasteiger partial charge on any atom is 0.0102 e. The number of rotatable bonds is 5. The van der Waals surface area contributed by atoms with E-state index in [0.29, 0.717) is 0 Å². The number of piperidine rings is 1. The molecule has 2 aliphatic rings. The lowest BCUT2D eigenvalue weighted by molar-refractivity contribution is 0.178. The van der Waals surface area contributed by atoms with E-state index in [9.17, 15) is 0 Å². The SMILES string of the molecule is CCC1CC1NC1CCN(CC(C)C)CC1. The molecule has 0 spiro atoms. The van der Waals surface area contributed by atoms with Gasteiger partial charge in [0.1, 0.15) is 0 Å². The summed E-state index contributed by atoms with van der Waals surface area (Å²) in [6.07, 6.45) is 5.52. The van der Waals surface area contributed by atoms with E-state index in [-0.39, 0.29) is 0 Å². The van der Waals surface area contributed by atoms with Crippen molar-refractivity contribution in [3.63, 3.8) is 0 Å². The van der Waals surface area contributed by atoms with Gasteiger partial charge < -0.3 is 10.2 Å². The Hall–Kier alpha value is -0.0800. The average molecular weight is 224 g/mol. The fraction of sp³-hybridized carbons (Fsp3) is 1.00. The molecule has 1 N–H and O–H groups in total. The second kappa shape index (κ2) is 5.50. The first kappa shape index (κ1) is 12.4. The fourth-order valence-corrected chi connectivity index (χ4v) is 3.00. The Morgan fingerprint density at radius 2 is 1.94 bits per heavy atom. The first-order chi connectivity index (χ1) is 7.69. The molecule has 0 radical (unpaired) electrons. The molecule has 2 atom stereocenters. The van der Waals surface area contributed by atoms with Gasteiger partial charge in [-0.3, -0.25) is 0 Å². The molecule has 94 valence electrons. The second-order valence-electron chi connectivity index (χ2n) is 6.15. The largest absolute Gasteiger partial charge is 0.311 e. The van der Waals surface area contributed by atoms with E-state index in [2.05, 4.69) is 31.0 Å². The normalized spacial score (nSPS) is 32.2. The van der Waals surface area contributed by atoms with Crippen molar-refractivity contribution >= 4 is 0 Å². The molecule has 1 saturated heterocycles. The van der Waals surface area contributed by atoms with Crippen molar-refractivity contribution < 1.29 is 0 Å². The zero-order valence-corrected chi connectivity index (χ0v) is 11.2. The van der Waals surface area contributed by atoms with Crippen LogP contribution in [-0.2, 0) is 0 Å². The van der Waals surface area contributed by atoms with Crippen molar-refractivity contribution in [3.05, 3.63) is 0 Å². The minimum absolute atomic E-state index is 0.810. The van der Waals surface area contributed by atoms with E-state index in [1.807, 2.05) is 0 Å². The van der Waals surface area contributed by atoms with Crippen LogP contribution in [0, 0.1) is 11.8 Å². The van der Waals surface area contributed by atoms with E-state index < -0.39 is 0 Å². The van der Waals surface area contributed by atoms with Crippen LogP contribution < -0.4 is 5.32 Å². The third-order valence-corrected chi connectivity index (χ3v) is 4.11. The standard InChI is InChI=1S/C14H28N2/c1-4-12-9-14(12)15-13-5-7-16(8-6-13)10-11(2)3/h11-15H,4-10H2,1-3H3. The third kappa shape index (κ3) is 3.46. The molecule has 0 aromatic carbocycles. The van der Waals surface area contributed by atoms with Crippen LogP contribution in [0.15, 0.2) is 0 Å².